The molecule has 1 atom stereocenters. The first kappa shape index (κ1) is 19.2. The summed E-state index contributed by atoms with van der Waals surface area (Å²) in [7, 11) is 0. The number of nitrogens with zero attached hydrogens (tertiary/aromatic N) is 1. The van der Waals surface area contributed by atoms with Crippen LogP contribution in [0.2, 0.25) is 0 Å². The van der Waals surface area contributed by atoms with E-state index in [1.807, 2.05) is 12.1 Å². The maximum atomic E-state index is 12.6. The van der Waals surface area contributed by atoms with E-state index in [2.05, 4.69) is 35.4 Å². The van der Waals surface area contributed by atoms with Crippen LogP contribution in [0.1, 0.15) is 57.1 Å². The van der Waals surface area contributed by atoms with Gasteiger partial charge in [0, 0.05) is 32.1 Å². The van der Waals surface area contributed by atoms with Gasteiger partial charge in [-0.15, -0.1) is 0 Å². The van der Waals surface area contributed by atoms with Crippen molar-refractivity contribution in [3.8, 4) is 5.75 Å². The maximum absolute atomic E-state index is 12.6. The van der Waals surface area contributed by atoms with Crippen molar-refractivity contribution >= 4 is 11.8 Å². The van der Waals surface area contributed by atoms with Crippen LogP contribution in [0.15, 0.2) is 18.2 Å². The lowest BCUT2D eigenvalue weighted by Gasteiger charge is -2.38. The third kappa shape index (κ3) is 4.17. The average molecular weight is 386 g/mol. The van der Waals surface area contributed by atoms with Gasteiger partial charge in [-0.1, -0.05) is 25.0 Å². The zero-order valence-corrected chi connectivity index (χ0v) is 16.9. The Hall–Kier alpha value is -2.08. The summed E-state index contributed by atoms with van der Waals surface area (Å²) in [4.78, 5) is 27.3. The van der Waals surface area contributed by atoms with E-state index in [4.69, 9.17) is 4.74 Å². The Labute approximate surface area is 167 Å². The van der Waals surface area contributed by atoms with Crippen molar-refractivity contribution < 1.29 is 14.3 Å². The number of hydrogen-bond donors (Lipinski definition) is 2. The standard InChI is InChI=1S/C22H31N3O3/c1-22(2)13-16-11-15(7-8-19(16)28-22)14-24-20(26)12-18-21(27)23-9-10-25(18)17-5-3-4-6-17/h7-8,11,17-18H,3-6,9-10,12-14H2,1-2H3,(H,23,27)(H,24,26). The highest BCUT2D eigenvalue weighted by atomic mass is 16.5. The summed E-state index contributed by atoms with van der Waals surface area (Å²) >= 11 is 0. The van der Waals surface area contributed by atoms with Gasteiger partial charge in [-0.3, -0.25) is 14.5 Å². The molecule has 152 valence electrons. The van der Waals surface area contributed by atoms with Crippen LogP contribution in [0, 0.1) is 0 Å². The first-order valence-electron chi connectivity index (χ1n) is 10.5. The topological polar surface area (TPSA) is 70.7 Å². The number of piperazine rings is 1. The third-order valence-corrected chi connectivity index (χ3v) is 6.16. The van der Waals surface area contributed by atoms with Crippen molar-refractivity contribution in [2.24, 2.45) is 0 Å². The number of benzene rings is 1. The van der Waals surface area contributed by atoms with Crippen molar-refractivity contribution in [3.63, 3.8) is 0 Å². The zero-order valence-electron chi connectivity index (χ0n) is 16.9. The van der Waals surface area contributed by atoms with Crippen LogP contribution in [0.25, 0.3) is 0 Å². The van der Waals surface area contributed by atoms with Crippen LogP contribution in [-0.4, -0.2) is 47.5 Å². The SMILES string of the molecule is CC1(C)Cc2cc(CNC(=O)CC3C(=O)NCCN3C3CCCC3)ccc2O1. The molecule has 0 spiro atoms. The van der Waals surface area contributed by atoms with Gasteiger partial charge in [0.25, 0.3) is 0 Å². The molecule has 2 fully saturated rings. The monoisotopic (exact) mass is 385 g/mol. The van der Waals surface area contributed by atoms with E-state index in [1.54, 1.807) is 0 Å². The van der Waals surface area contributed by atoms with Gasteiger partial charge < -0.3 is 15.4 Å². The molecule has 4 rings (SSSR count). The summed E-state index contributed by atoms with van der Waals surface area (Å²) in [6.07, 6.45) is 5.82. The fourth-order valence-electron chi connectivity index (χ4n) is 4.84. The van der Waals surface area contributed by atoms with Gasteiger partial charge in [0.05, 0.1) is 12.5 Å². The van der Waals surface area contributed by atoms with Crippen molar-refractivity contribution in [3.05, 3.63) is 29.3 Å². The molecular formula is C22H31N3O3. The summed E-state index contributed by atoms with van der Waals surface area (Å²) in [5.74, 6) is 0.860. The minimum Gasteiger partial charge on any atom is -0.487 e. The molecule has 0 aromatic heterocycles. The highest BCUT2D eigenvalue weighted by Gasteiger charge is 2.36. The van der Waals surface area contributed by atoms with Crippen LogP contribution in [0.5, 0.6) is 5.75 Å². The lowest BCUT2D eigenvalue weighted by molar-refractivity contribution is -0.135. The van der Waals surface area contributed by atoms with Crippen LogP contribution in [0.3, 0.4) is 0 Å². The van der Waals surface area contributed by atoms with Gasteiger partial charge in [-0.25, -0.2) is 0 Å². The van der Waals surface area contributed by atoms with Gasteiger partial charge >= 0.3 is 0 Å². The Kier molecular flexibility index (Phi) is 5.32. The van der Waals surface area contributed by atoms with Crippen molar-refractivity contribution in [1.82, 2.24) is 15.5 Å². The minimum atomic E-state index is -0.342. The van der Waals surface area contributed by atoms with E-state index >= 15 is 0 Å². The molecular weight excluding hydrogens is 354 g/mol. The Bertz CT molecular complexity index is 755. The normalized spacial score (nSPS) is 24.5. The molecule has 2 amide bonds. The van der Waals surface area contributed by atoms with Gasteiger partial charge in [0.1, 0.15) is 11.4 Å². The second kappa shape index (κ2) is 7.74. The second-order valence-electron chi connectivity index (χ2n) is 8.94. The third-order valence-electron chi connectivity index (χ3n) is 6.16. The summed E-state index contributed by atoms with van der Waals surface area (Å²) in [6.45, 7) is 6.17. The molecule has 2 aliphatic heterocycles. The predicted molar refractivity (Wildman–Crippen MR) is 107 cm³/mol. The molecule has 6 heteroatoms. The molecule has 1 saturated carbocycles. The fourth-order valence-corrected chi connectivity index (χ4v) is 4.84. The lowest BCUT2D eigenvalue weighted by Crippen LogP contribution is -2.59. The number of nitrogens with one attached hydrogen (secondary N) is 2. The Balaban J connectivity index is 1.34. The molecule has 28 heavy (non-hydrogen) atoms. The van der Waals surface area contributed by atoms with Gasteiger partial charge in [-0.2, -0.15) is 0 Å². The Morgan fingerprint density at radius 1 is 1.32 bits per heavy atom. The molecule has 1 unspecified atom stereocenters. The molecule has 3 aliphatic rings. The second-order valence-corrected chi connectivity index (χ2v) is 8.94. The molecule has 1 saturated heterocycles. The van der Waals surface area contributed by atoms with Crippen molar-refractivity contribution in [1.29, 1.82) is 0 Å². The van der Waals surface area contributed by atoms with E-state index < -0.39 is 0 Å². The summed E-state index contributed by atoms with van der Waals surface area (Å²) in [6, 6.07) is 6.21. The predicted octanol–water partition coefficient (Wildman–Crippen LogP) is 2.15. The smallest absolute Gasteiger partial charge is 0.237 e. The summed E-state index contributed by atoms with van der Waals surface area (Å²) < 4.78 is 5.91. The van der Waals surface area contributed by atoms with Crippen LogP contribution < -0.4 is 15.4 Å². The molecule has 1 aromatic rings. The van der Waals surface area contributed by atoms with Gasteiger partial charge in [-0.05, 0) is 43.9 Å². The van der Waals surface area contributed by atoms with Crippen LogP contribution >= 0.6 is 0 Å². The minimum absolute atomic E-state index is 0.00906. The van der Waals surface area contributed by atoms with E-state index in [9.17, 15) is 9.59 Å². The lowest BCUT2D eigenvalue weighted by atomic mass is 10.00. The maximum Gasteiger partial charge on any atom is 0.237 e. The number of hydrogen-bond acceptors (Lipinski definition) is 4. The fraction of sp³-hybridized carbons (Fsp3) is 0.636. The van der Waals surface area contributed by atoms with Crippen LogP contribution in [0.4, 0.5) is 0 Å². The number of carbonyl (C=O) groups is 2. The average Bonchev–Trinajstić information content (AvgIpc) is 3.27. The van der Waals surface area contributed by atoms with E-state index in [-0.39, 0.29) is 29.9 Å². The Morgan fingerprint density at radius 3 is 2.89 bits per heavy atom. The number of ether oxygens (including phenoxy) is 1. The van der Waals surface area contributed by atoms with E-state index in [1.165, 1.54) is 18.4 Å². The van der Waals surface area contributed by atoms with Crippen molar-refractivity contribution in [2.45, 2.75) is 76.6 Å². The molecule has 0 bridgehead atoms. The molecule has 2 N–H and O–H groups in total. The van der Waals surface area contributed by atoms with Crippen molar-refractivity contribution in [2.75, 3.05) is 13.1 Å². The molecule has 1 aliphatic carbocycles. The highest BCUT2D eigenvalue weighted by molar-refractivity contribution is 5.88. The number of amides is 2. The first-order chi connectivity index (χ1) is 13.4. The molecule has 0 radical (unpaired) electrons. The molecule has 2 heterocycles. The van der Waals surface area contributed by atoms with E-state index in [0.29, 0.717) is 19.1 Å². The van der Waals surface area contributed by atoms with E-state index in [0.717, 1.165) is 37.1 Å². The van der Waals surface area contributed by atoms with Crippen LogP contribution in [-0.2, 0) is 22.6 Å². The first-order valence-corrected chi connectivity index (χ1v) is 10.5. The summed E-state index contributed by atoms with van der Waals surface area (Å²) in [5, 5.41) is 5.93. The zero-order chi connectivity index (χ0) is 19.7. The Morgan fingerprint density at radius 2 is 2.11 bits per heavy atom. The van der Waals surface area contributed by atoms with Gasteiger partial charge in [0.2, 0.25) is 11.8 Å². The number of carbonyl (C=O) groups excluding carboxylic acids is 2. The largest absolute Gasteiger partial charge is 0.487 e. The summed E-state index contributed by atoms with van der Waals surface area (Å²) in [5.41, 5.74) is 2.09. The number of fused-ring (bicyclic) bond motifs is 1. The quantitative estimate of drug-likeness (QED) is 0.815. The number of rotatable bonds is 5. The van der Waals surface area contributed by atoms with Gasteiger partial charge in [0.15, 0.2) is 0 Å². The highest BCUT2D eigenvalue weighted by Crippen LogP contribution is 2.35. The molecule has 6 nitrogen and oxygen atoms in total. The molecule has 1 aromatic carbocycles.